The second kappa shape index (κ2) is 6.11. The molecule has 0 amide bonds. The van der Waals surface area contributed by atoms with E-state index in [1.807, 2.05) is 7.05 Å². The second-order valence-electron chi connectivity index (χ2n) is 6.75. The average Bonchev–Trinajstić information content (AvgIpc) is 2.84. The lowest BCUT2D eigenvalue weighted by Crippen LogP contribution is -2.38. The molecule has 3 nitrogen and oxygen atoms in total. The zero-order valence-corrected chi connectivity index (χ0v) is 12.3. The van der Waals surface area contributed by atoms with Gasteiger partial charge in [-0.25, -0.2) is 0 Å². The summed E-state index contributed by atoms with van der Waals surface area (Å²) in [5.41, 5.74) is 0. The smallest absolute Gasteiger partial charge is 0.168 e. The van der Waals surface area contributed by atoms with Gasteiger partial charge in [0.05, 0.1) is 12.7 Å². The molecule has 0 bridgehead atoms. The number of likely N-dealkylation sites (N-methyl/N-ethyl adjacent to an activating group) is 1. The fourth-order valence-corrected chi connectivity index (χ4v) is 4.36. The topological polar surface area (TPSA) is 30.5 Å². The molecule has 3 fully saturated rings. The van der Waals surface area contributed by atoms with Crippen LogP contribution in [0.4, 0.5) is 0 Å². The van der Waals surface area contributed by atoms with Crippen LogP contribution in [-0.2, 0) is 9.47 Å². The number of ether oxygens (including phenoxy) is 2. The van der Waals surface area contributed by atoms with E-state index in [9.17, 15) is 0 Å². The second-order valence-corrected chi connectivity index (χ2v) is 6.75. The summed E-state index contributed by atoms with van der Waals surface area (Å²) in [5, 5.41) is 3.19. The molecule has 3 rings (SSSR count). The molecule has 1 N–H and O–H groups in total. The fourth-order valence-electron chi connectivity index (χ4n) is 4.36. The van der Waals surface area contributed by atoms with Gasteiger partial charge in [0.1, 0.15) is 0 Å². The third-order valence-electron chi connectivity index (χ3n) is 5.45. The normalized spacial score (nSPS) is 40.9. The van der Waals surface area contributed by atoms with Crippen LogP contribution in [0.3, 0.4) is 0 Å². The standard InChI is InChI=1S/C16H29NO2/c1-17-11-15-12-18-16(19-15)9-7-14(8-10-16)13-5-3-2-4-6-13/h13-15,17H,2-12H2,1H3. The highest BCUT2D eigenvalue weighted by Gasteiger charge is 2.45. The number of rotatable bonds is 3. The van der Waals surface area contributed by atoms with Gasteiger partial charge < -0.3 is 14.8 Å². The number of hydrogen-bond donors (Lipinski definition) is 1. The Balaban J connectivity index is 1.49. The zero-order valence-electron chi connectivity index (χ0n) is 12.3. The summed E-state index contributed by atoms with van der Waals surface area (Å²) in [4.78, 5) is 0. The van der Waals surface area contributed by atoms with E-state index in [0.29, 0.717) is 0 Å². The van der Waals surface area contributed by atoms with Crippen molar-refractivity contribution in [3.63, 3.8) is 0 Å². The monoisotopic (exact) mass is 267 g/mol. The fraction of sp³-hybridized carbons (Fsp3) is 1.00. The van der Waals surface area contributed by atoms with E-state index in [1.165, 1.54) is 44.9 Å². The quantitative estimate of drug-likeness (QED) is 0.852. The maximum absolute atomic E-state index is 6.18. The summed E-state index contributed by atoms with van der Waals surface area (Å²) in [6.07, 6.45) is 12.5. The number of nitrogens with one attached hydrogen (secondary N) is 1. The molecule has 19 heavy (non-hydrogen) atoms. The molecule has 110 valence electrons. The summed E-state index contributed by atoms with van der Waals surface area (Å²) in [6.45, 7) is 1.68. The van der Waals surface area contributed by atoms with E-state index in [1.54, 1.807) is 0 Å². The maximum atomic E-state index is 6.18. The Morgan fingerprint density at radius 2 is 1.68 bits per heavy atom. The van der Waals surface area contributed by atoms with Gasteiger partial charge in [-0.15, -0.1) is 0 Å². The van der Waals surface area contributed by atoms with Crippen LogP contribution < -0.4 is 5.32 Å². The third-order valence-corrected chi connectivity index (χ3v) is 5.45. The Kier molecular flexibility index (Phi) is 4.45. The van der Waals surface area contributed by atoms with Gasteiger partial charge in [-0.05, 0) is 31.7 Å². The molecule has 1 heterocycles. The van der Waals surface area contributed by atoms with Crippen molar-refractivity contribution in [1.29, 1.82) is 0 Å². The van der Waals surface area contributed by atoms with Gasteiger partial charge >= 0.3 is 0 Å². The van der Waals surface area contributed by atoms with Crippen LogP contribution in [0.15, 0.2) is 0 Å². The highest BCUT2D eigenvalue weighted by Crippen LogP contribution is 2.45. The zero-order chi connectivity index (χ0) is 13.1. The lowest BCUT2D eigenvalue weighted by Gasteiger charge is -2.40. The maximum Gasteiger partial charge on any atom is 0.168 e. The first-order valence-electron chi connectivity index (χ1n) is 8.28. The van der Waals surface area contributed by atoms with Gasteiger partial charge in [-0.3, -0.25) is 0 Å². The van der Waals surface area contributed by atoms with Crippen molar-refractivity contribution in [3.8, 4) is 0 Å². The van der Waals surface area contributed by atoms with E-state index < -0.39 is 0 Å². The van der Waals surface area contributed by atoms with Gasteiger partial charge in [-0.2, -0.15) is 0 Å². The molecule has 0 aromatic carbocycles. The first-order valence-corrected chi connectivity index (χ1v) is 8.28. The Morgan fingerprint density at radius 3 is 2.37 bits per heavy atom. The van der Waals surface area contributed by atoms with Crippen molar-refractivity contribution in [3.05, 3.63) is 0 Å². The summed E-state index contributed by atoms with van der Waals surface area (Å²) >= 11 is 0. The molecule has 1 saturated heterocycles. The van der Waals surface area contributed by atoms with Crippen LogP contribution in [0.25, 0.3) is 0 Å². The van der Waals surface area contributed by atoms with Crippen LogP contribution in [0.2, 0.25) is 0 Å². The molecule has 1 spiro atoms. The van der Waals surface area contributed by atoms with Gasteiger partial charge in [-0.1, -0.05) is 32.1 Å². The van der Waals surface area contributed by atoms with Crippen molar-refractivity contribution < 1.29 is 9.47 Å². The third kappa shape index (κ3) is 3.14. The largest absolute Gasteiger partial charge is 0.347 e. The minimum absolute atomic E-state index is 0.216. The Labute approximate surface area is 117 Å². The van der Waals surface area contributed by atoms with Crippen LogP contribution in [0.5, 0.6) is 0 Å². The minimum atomic E-state index is -0.216. The molecule has 2 aliphatic carbocycles. The summed E-state index contributed by atoms with van der Waals surface area (Å²) in [6, 6.07) is 0. The van der Waals surface area contributed by atoms with Crippen molar-refractivity contribution in [2.75, 3.05) is 20.2 Å². The molecule has 3 heteroatoms. The molecule has 1 aliphatic heterocycles. The first kappa shape index (κ1) is 13.8. The van der Waals surface area contributed by atoms with E-state index in [4.69, 9.17) is 9.47 Å². The van der Waals surface area contributed by atoms with Crippen molar-refractivity contribution >= 4 is 0 Å². The Morgan fingerprint density at radius 1 is 1.00 bits per heavy atom. The van der Waals surface area contributed by atoms with Crippen molar-refractivity contribution in [1.82, 2.24) is 5.32 Å². The minimum Gasteiger partial charge on any atom is -0.347 e. The number of hydrogen-bond acceptors (Lipinski definition) is 3. The Hall–Kier alpha value is -0.120. The van der Waals surface area contributed by atoms with Gasteiger partial charge in [0.15, 0.2) is 5.79 Å². The summed E-state index contributed by atoms with van der Waals surface area (Å²) < 4.78 is 12.2. The molecule has 0 radical (unpaired) electrons. The van der Waals surface area contributed by atoms with Crippen LogP contribution in [0, 0.1) is 11.8 Å². The summed E-state index contributed by atoms with van der Waals surface area (Å²) in [5.74, 6) is 1.73. The molecule has 0 aromatic heterocycles. The highest BCUT2D eigenvalue weighted by atomic mass is 16.7. The molecule has 3 aliphatic rings. The van der Waals surface area contributed by atoms with E-state index in [2.05, 4.69) is 5.32 Å². The predicted molar refractivity (Wildman–Crippen MR) is 76.0 cm³/mol. The van der Waals surface area contributed by atoms with Crippen LogP contribution in [-0.4, -0.2) is 32.1 Å². The van der Waals surface area contributed by atoms with Crippen molar-refractivity contribution in [2.24, 2.45) is 11.8 Å². The van der Waals surface area contributed by atoms with E-state index in [-0.39, 0.29) is 11.9 Å². The van der Waals surface area contributed by atoms with Crippen LogP contribution >= 0.6 is 0 Å². The van der Waals surface area contributed by atoms with Crippen LogP contribution in [0.1, 0.15) is 57.8 Å². The van der Waals surface area contributed by atoms with E-state index in [0.717, 1.165) is 37.8 Å². The summed E-state index contributed by atoms with van der Waals surface area (Å²) in [7, 11) is 1.98. The molecule has 0 aromatic rings. The molecular formula is C16H29NO2. The average molecular weight is 267 g/mol. The van der Waals surface area contributed by atoms with Gasteiger partial charge in [0.25, 0.3) is 0 Å². The first-order chi connectivity index (χ1) is 9.31. The van der Waals surface area contributed by atoms with E-state index >= 15 is 0 Å². The lowest BCUT2D eigenvalue weighted by molar-refractivity contribution is -0.194. The molecular weight excluding hydrogens is 238 g/mol. The van der Waals surface area contributed by atoms with Crippen molar-refractivity contribution in [2.45, 2.75) is 69.7 Å². The molecule has 1 unspecified atom stereocenters. The predicted octanol–water partition coefficient (Wildman–Crippen LogP) is 3.09. The molecule has 2 saturated carbocycles. The van der Waals surface area contributed by atoms with Gasteiger partial charge in [0.2, 0.25) is 0 Å². The highest BCUT2D eigenvalue weighted by molar-refractivity contribution is 4.88. The SMILES string of the molecule is CNCC1COC2(CCC(C3CCCCC3)CC2)O1. The molecule has 1 atom stereocenters. The lowest BCUT2D eigenvalue weighted by atomic mass is 9.72. The van der Waals surface area contributed by atoms with Gasteiger partial charge in [0, 0.05) is 19.4 Å². The Bertz CT molecular complexity index is 280.